The molecule has 0 aliphatic carbocycles. The van der Waals surface area contributed by atoms with Crippen LogP contribution in [0.4, 0.5) is 0 Å². The molecule has 0 N–H and O–H groups in total. The van der Waals surface area contributed by atoms with E-state index < -0.39 is 0 Å². The maximum atomic E-state index is 6.18. The van der Waals surface area contributed by atoms with Crippen molar-refractivity contribution in [2.24, 2.45) is 0 Å². The Labute approximate surface area is 137 Å². The van der Waals surface area contributed by atoms with E-state index in [1.165, 1.54) is 0 Å². The highest BCUT2D eigenvalue weighted by atomic mass is 35.5. The highest BCUT2D eigenvalue weighted by Gasteiger charge is 2.24. The lowest BCUT2D eigenvalue weighted by atomic mass is 10.0. The zero-order valence-electron chi connectivity index (χ0n) is 12.4. The van der Waals surface area contributed by atoms with Crippen LogP contribution in [0.15, 0.2) is 28.8 Å². The van der Waals surface area contributed by atoms with Gasteiger partial charge in [-0.25, -0.2) is 4.68 Å². The molecule has 0 radical (unpaired) electrons. The highest BCUT2D eigenvalue weighted by molar-refractivity contribution is 6.31. The second-order valence-corrected chi connectivity index (χ2v) is 6.07. The van der Waals surface area contributed by atoms with Crippen molar-refractivity contribution in [2.45, 2.75) is 38.1 Å². The van der Waals surface area contributed by atoms with Crippen molar-refractivity contribution >= 4 is 11.6 Å². The monoisotopic (exact) mass is 330 g/mol. The Bertz CT molecular complexity index is 791. The highest BCUT2D eigenvalue weighted by Crippen LogP contribution is 2.27. The molecule has 23 heavy (non-hydrogen) atoms. The number of fused-ring (bicyclic) bond motifs is 1. The second kappa shape index (κ2) is 6.08. The topological polar surface area (TPSA) is 82.5 Å². The van der Waals surface area contributed by atoms with Crippen LogP contribution in [0.2, 0.25) is 5.02 Å². The number of hydrogen-bond donors (Lipinski definition) is 0. The minimum Gasteiger partial charge on any atom is -0.339 e. The summed E-state index contributed by atoms with van der Waals surface area (Å²) in [7, 11) is 0. The van der Waals surface area contributed by atoms with Gasteiger partial charge in [0.1, 0.15) is 0 Å². The number of nitrogens with zero attached hydrogens (tertiary/aromatic N) is 6. The maximum Gasteiger partial charge on any atom is 0.229 e. The summed E-state index contributed by atoms with van der Waals surface area (Å²) >= 11 is 6.18. The second-order valence-electron chi connectivity index (χ2n) is 5.66. The van der Waals surface area contributed by atoms with Crippen LogP contribution in [0, 0.1) is 0 Å². The van der Waals surface area contributed by atoms with E-state index in [2.05, 4.69) is 25.7 Å². The average Bonchev–Trinajstić information content (AvgIpc) is 3.16. The first kappa shape index (κ1) is 14.3. The van der Waals surface area contributed by atoms with Crippen molar-refractivity contribution in [3.8, 4) is 0 Å². The quantitative estimate of drug-likeness (QED) is 0.733. The first-order chi connectivity index (χ1) is 11.3. The van der Waals surface area contributed by atoms with Crippen molar-refractivity contribution in [2.75, 3.05) is 0 Å². The van der Waals surface area contributed by atoms with E-state index in [9.17, 15) is 0 Å². The number of benzene rings is 1. The Balaban J connectivity index is 1.48. The number of aromatic nitrogens is 6. The van der Waals surface area contributed by atoms with Crippen LogP contribution in [0.3, 0.4) is 0 Å². The van der Waals surface area contributed by atoms with Gasteiger partial charge in [-0.05, 0) is 34.9 Å². The largest absolute Gasteiger partial charge is 0.339 e. The van der Waals surface area contributed by atoms with Crippen LogP contribution in [-0.4, -0.2) is 30.3 Å². The van der Waals surface area contributed by atoms with Gasteiger partial charge in [-0.3, -0.25) is 0 Å². The summed E-state index contributed by atoms with van der Waals surface area (Å²) in [4.78, 5) is 4.56. The molecule has 8 heteroatoms. The van der Waals surface area contributed by atoms with Crippen molar-refractivity contribution in [3.63, 3.8) is 0 Å². The van der Waals surface area contributed by atoms with Gasteiger partial charge in [0.2, 0.25) is 5.89 Å². The fourth-order valence-electron chi connectivity index (χ4n) is 2.87. The van der Waals surface area contributed by atoms with Crippen LogP contribution >= 0.6 is 11.6 Å². The maximum absolute atomic E-state index is 6.18. The van der Waals surface area contributed by atoms with E-state index >= 15 is 0 Å². The molecule has 1 atom stereocenters. The van der Waals surface area contributed by atoms with Crippen LogP contribution in [0.1, 0.15) is 41.9 Å². The average molecular weight is 331 g/mol. The van der Waals surface area contributed by atoms with Gasteiger partial charge in [-0.1, -0.05) is 35.0 Å². The smallest absolute Gasteiger partial charge is 0.229 e. The van der Waals surface area contributed by atoms with Gasteiger partial charge < -0.3 is 4.52 Å². The van der Waals surface area contributed by atoms with Gasteiger partial charge in [-0.15, -0.1) is 5.10 Å². The predicted molar refractivity (Wildman–Crippen MR) is 82.1 cm³/mol. The molecule has 0 spiro atoms. The molecule has 0 saturated carbocycles. The van der Waals surface area contributed by atoms with E-state index in [-0.39, 0.29) is 5.92 Å². The van der Waals surface area contributed by atoms with Gasteiger partial charge in [0.15, 0.2) is 11.6 Å². The first-order valence-corrected chi connectivity index (χ1v) is 7.98. The van der Waals surface area contributed by atoms with Crippen LogP contribution < -0.4 is 0 Å². The molecule has 2 aromatic heterocycles. The summed E-state index contributed by atoms with van der Waals surface area (Å²) in [6, 6.07) is 7.70. The first-order valence-electron chi connectivity index (χ1n) is 7.60. The van der Waals surface area contributed by atoms with E-state index in [0.29, 0.717) is 18.1 Å². The zero-order valence-corrected chi connectivity index (χ0v) is 13.1. The molecule has 0 amide bonds. The van der Waals surface area contributed by atoms with Crippen LogP contribution in [0.25, 0.3) is 0 Å². The third-order valence-corrected chi connectivity index (χ3v) is 4.52. The number of hydrogen-bond acceptors (Lipinski definition) is 6. The van der Waals surface area contributed by atoms with Crippen molar-refractivity contribution in [1.29, 1.82) is 0 Å². The lowest BCUT2D eigenvalue weighted by Crippen LogP contribution is -2.04. The Morgan fingerprint density at radius 3 is 3.09 bits per heavy atom. The molecule has 3 aromatic rings. The SMILES string of the molecule is Clc1ccccc1Cc1noc(C2CCc3nnnn3CC2)n1. The van der Waals surface area contributed by atoms with E-state index in [4.69, 9.17) is 16.1 Å². The van der Waals surface area contributed by atoms with E-state index in [1.807, 2.05) is 28.9 Å². The van der Waals surface area contributed by atoms with E-state index in [1.54, 1.807) is 0 Å². The standard InChI is InChI=1S/C15H15ClN6O/c16-12-4-2-1-3-11(12)9-13-17-15(23-19-13)10-5-6-14-18-20-21-22(14)8-7-10/h1-4,10H,5-9H2. The minimum atomic E-state index is 0.228. The number of rotatable bonds is 3. The normalized spacial score (nSPS) is 17.7. The van der Waals surface area contributed by atoms with Gasteiger partial charge in [0, 0.05) is 30.3 Å². The molecular formula is C15H15ClN6O. The number of halogens is 1. The Hall–Kier alpha value is -2.28. The summed E-state index contributed by atoms with van der Waals surface area (Å²) in [5.74, 6) is 2.50. The number of tetrazole rings is 1. The molecule has 1 unspecified atom stereocenters. The van der Waals surface area contributed by atoms with Crippen LogP contribution in [0.5, 0.6) is 0 Å². The lowest BCUT2D eigenvalue weighted by Gasteiger charge is -2.06. The molecule has 118 valence electrons. The van der Waals surface area contributed by atoms with Gasteiger partial charge in [0.05, 0.1) is 0 Å². The predicted octanol–water partition coefficient (Wildman–Crippen LogP) is 2.42. The molecule has 0 saturated heterocycles. The molecular weight excluding hydrogens is 316 g/mol. The fourth-order valence-corrected chi connectivity index (χ4v) is 3.07. The Kier molecular flexibility index (Phi) is 3.78. The third kappa shape index (κ3) is 2.96. The molecule has 0 fully saturated rings. The Morgan fingerprint density at radius 2 is 2.17 bits per heavy atom. The molecule has 0 bridgehead atoms. The van der Waals surface area contributed by atoms with Crippen molar-refractivity contribution in [3.05, 3.63) is 52.4 Å². The summed E-state index contributed by atoms with van der Waals surface area (Å²) in [6.45, 7) is 0.773. The van der Waals surface area contributed by atoms with Crippen molar-refractivity contribution < 1.29 is 4.52 Å². The zero-order chi connectivity index (χ0) is 15.6. The van der Waals surface area contributed by atoms with Gasteiger partial charge >= 0.3 is 0 Å². The Morgan fingerprint density at radius 1 is 1.26 bits per heavy atom. The summed E-state index contributed by atoms with van der Waals surface area (Å²) in [6.07, 6.45) is 3.20. The molecule has 4 rings (SSSR count). The van der Waals surface area contributed by atoms with Crippen molar-refractivity contribution in [1.82, 2.24) is 30.3 Å². The summed E-state index contributed by atoms with van der Waals surface area (Å²) < 4.78 is 7.33. The van der Waals surface area contributed by atoms with Gasteiger partial charge in [0.25, 0.3) is 0 Å². The fraction of sp³-hybridized carbons (Fsp3) is 0.400. The summed E-state index contributed by atoms with van der Waals surface area (Å²) in [5.41, 5.74) is 0.998. The van der Waals surface area contributed by atoms with E-state index in [0.717, 1.165) is 42.2 Å². The third-order valence-electron chi connectivity index (χ3n) is 4.15. The summed E-state index contributed by atoms with van der Waals surface area (Å²) in [5, 5.41) is 16.5. The lowest BCUT2D eigenvalue weighted by molar-refractivity contribution is 0.334. The molecule has 7 nitrogen and oxygen atoms in total. The molecule has 1 aliphatic heterocycles. The molecule has 3 heterocycles. The van der Waals surface area contributed by atoms with Gasteiger partial charge in [-0.2, -0.15) is 4.98 Å². The van der Waals surface area contributed by atoms with Crippen LogP contribution in [-0.2, 0) is 19.4 Å². The number of aryl methyl sites for hydroxylation is 2. The molecule has 1 aromatic carbocycles. The molecule has 1 aliphatic rings. The minimum absolute atomic E-state index is 0.228.